The van der Waals surface area contributed by atoms with Crippen molar-refractivity contribution in [2.45, 2.75) is 23.0 Å². The molecule has 1 atom stereocenters. The van der Waals surface area contributed by atoms with E-state index in [1.54, 1.807) is 0 Å². The van der Waals surface area contributed by atoms with Crippen LogP contribution in [0.1, 0.15) is 18.5 Å². The van der Waals surface area contributed by atoms with Gasteiger partial charge in [0.2, 0.25) is 0 Å². The molecule has 0 aliphatic rings. The van der Waals surface area contributed by atoms with Gasteiger partial charge in [-0.15, -0.1) is 10.2 Å². The highest BCUT2D eigenvalue weighted by Gasteiger charge is 2.10. The fourth-order valence-electron chi connectivity index (χ4n) is 1.87. The number of hydrogen-bond acceptors (Lipinski definition) is 4. The van der Waals surface area contributed by atoms with Gasteiger partial charge in [0.25, 0.3) is 0 Å². The van der Waals surface area contributed by atoms with Gasteiger partial charge in [0.1, 0.15) is 0 Å². The zero-order chi connectivity index (χ0) is 14.1. The summed E-state index contributed by atoms with van der Waals surface area (Å²) in [6, 6.07) is 11.6. The fourth-order valence-corrected chi connectivity index (χ4v) is 3.00. The van der Waals surface area contributed by atoms with Crippen LogP contribution in [-0.2, 0) is 0 Å². The number of nitrogens with two attached hydrogens (primary N) is 1. The van der Waals surface area contributed by atoms with E-state index < -0.39 is 0 Å². The van der Waals surface area contributed by atoms with Crippen molar-refractivity contribution < 1.29 is 0 Å². The first-order valence-corrected chi connectivity index (χ1v) is 7.37. The van der Waals surface area contributed by atoms with Crippen LogP contribution in [0.2, 0.25) is 5.02 Å². The van der Waals surface area contributed by atoms with Gasteiger partial charge in [-0.05, 0) is 48.5 Å². The van der Waals surface area contributed by atoms with Crippen LogP contribution in [0.15, 0.2) is 52.6 Å². The van der Waals surface area contributed by atoms with Gasteiger partial charge in [-0.3, -0.25) is 4.40 Å². The van der Waals surface area contributed by atoms with Gasteiger partial charge in [-0.1, -0.05) is 23.7 Å². The van der Waals surface area contributed by atoms with Crippen molar-refractivity contribution >= 4 is 29.0 Å². The summed E-state index contributed by atoms with van der Waals surface area (Å²) in [4.78, 5) is 0.939. The number of benzene rings is 1. The molecule has 1 aromatic carbocycles. The second-order valence-electron chi connectivity index (χ2n) is 4.49. The standard InChI is InChI=1S/C14H13ClN4S/c1-9(16)10-5-6-12(11(15)8-10)20-14-18-17-13-4-2-3-7-19(13)14/h2-9H,16H2,1H3. The van der Waals surface area contributed by atoms with Crippen molar-refractivity contribution in [1.82, 2.24) is 14.6 Å². The average Bonchev–Trinajstić information content (AvgIpc) is 2.84. The molecule has 0 bridgehead atoms. The molecule has 2 heterocycles. The summed E-state index contributed by atoms with van der Waals surface area (Å²) in [7, 11) is 0. The molecule has 4 nitrogen and oxygen atoms in total. The highest BCUT2D eigenvalue weighted by atomic mass is 35.5. The molecule has 3 rings (SSSR count). The predicted molar refractivity (Wildman–Crippen MR) is 81.2 cm³/mol. The molecule has 102 valence electrons. The van der Waals surface area contributed by atoms with Gasteiger partial charge in [0, 0.05) is 17.1 Å². The van der Waals surface area contributed by atoms with Crippen LogP contribution in [-0.4, -0.2) is 14.6 Å². The van der Waals surface area contributed by atoms with Crippen LogP contribution in [0.5, 0.6) is 0 Å². The number of fused-ring (bicyclic) bond motifs is 1. The van der Waals surface area contributed by atoms with Gasteiger partial charge in [0.15, 0.2) is 10.8 Å². The van der Waals surface area contributed by atoms with Crippen LogP contribution in [0.4, 0.5) is 0 Å². The second-order valence-corrected chi connectivity index (χ2v) is 5.91. The molecule has 3 aromatic rings. The van der Waals surface area contributed by atoms with Crippen LogP contribution < -0.4 is 5.73 Å². The van der Waals surface area contributed by atoms with Gasteiger partial charge in [-0.2, -0.15) is 0 Å². The Hall–Kier alpha value is -1.56. The smallest absolute Gasteiger partial charge is 0.200 e. The summed E-state index contributed by atoms with van der Waals surface area (Å²) >= 11 is 7.80. The summed E-state index contributed by atoms with van der Waals surface area (Å²) in [6.07, 6.45) is 1.93. The Morgan fingerprint density at radius 3 is 2.85 bits per heavy atom. The molecule has 20 heavy (non-hydrogen) atoms. The molecule has 0 radical (unpaired) electrons. The zero-order valence-corrected chi connectivity index (χ0v) is 12.4. The van der Waals surface area contributed by atoms with Crippen LogP contribution in [0.25, 0.3) is 5.65 Å². The Kier molecular flexibility index (Phi) is 3.65. The lowest BCUT2D eigenvalue weighted by molar-refractivity contribution is 0.817. The van der Waals surface area contributed by atoms with Gasteiger partial charge in [-0.25, -0.2) is 0 Å². The topological polar surface area (TPSA) is 56.2 Å². The van der Waals surface area contributed by atoms with E-state index in [0.29, 0.717) is 5.02 Å². The number of halogens is 1. The second kappa shape index (κ2) is 5.44. The molecule has 2 aromatic heterocycles. The number of hydrogen-bond donors (Lipinski definition) is 1. The zero-order valence-electron chi connectivity index (χ0n) is 10.8. The molecule has 2 N–H and O–H groups in total. The lowest BCUT2D eigenvalue weighted by Gasteiger charge is -2.08. The highest BCUT2D eigenvalue weighted by molar-refractivity contribution is 7.99. The monoisotopic (exact) mass is 304 g/mol. The van der Waals surface area contributed by atoms with E-state index in [-0.39, 0.29) is 6.04 Å². The molecule has 0 fully saturated rings. The van der Waals surface area contributed by atoms with Crippen molar-refractivity contribution in [3.63, 3.8) is 0 Å². The Labute approximate surface area is 126 Å². The maximum absolute atomic E-state index is 6.31. The minimum Gasteiger partial charge on any atom is -0.324 e. The number of aromatic nitrogens is 3. The van der Waals surface area contributed by atoms with Crippen molar-refractivity contribution in [2.75, 3.05) is 0 Å². The van der Waals surface area contributed by atoms with E-state index >= 15 is 0 Å². The normalized spacial score (nSPS) is 12.8. The minimum atomic E-state index is -0.0273. The Morgan fingerprint density at radius 2 is 2.10 bits per heavy atom. The van der Waals surface area contributed by atoms with Crippen LogP contribution in [0.3, 0.4) is 0 Å². The molecule has 0 aliphatic carbocycles. The van der Waals surface area contributed by atoms with E-state index in [1.807, 2.05) is 53.9 Å². The van der Waals surface area contributed by atoms with Crippen molar-refractivity contribution in [2.24, 2.45) is 5.73 Å². The van der Waals surface area contributed by atoms with Crippen LogP contribution in [0, 0.1) is 0 Å². The van der Waals surface area contributed by atoms with Gasteiger partial charge < -0.3 is 5.73 Å². The predicted octanol–water partition coefficient (Wildman–Crippen LogP) is 3.55. The third-order valence-corrected chi connectivity index (χ3v) is 4.43. The number of pyridine rings is 1. The lowest BCUT2D eigenvalue weighted by Crippen LogP contribution is -2.04. The first-order valence-electron chi connectivity index (χ1n) is 6.18. The molecule has 0 saturated carbocycles. The van der Waals surface area contributed by atoms with E-state index in [9.17, 15) is 0 Å². The fraction of sp³-hybridized carbons (Fsp3) is 0.143. The summed E-state index contributed by atoms with van der Waals surface area (Å²) in [6.45, 7) is 1.94. The van der Waals surface area contributed by atoms with E-state index in [4.69, 9.17) is 17.3 Å². The quantitative estimate of drug-likeness (QED) is 0.804. The maximum atomic E-state index is 6.31. The molecular formula is C14H13ClN4S. The molecule has 6 heteroatoms. The largest absolute Gasteiger partial charge is 0.324 e. The van der Waals surface area contributed by atoms with Crippen molar-refractivity contribution in [1.29, 1.82) is 0 Å². The molecule has 0 spiro atoms. The minimum absolute atomic E-state index is 0.0273. The van der Waals surface area contributed by atoms with Gasteiger partial charge in [0.05, 0.1) is 5.02 Å². The first kappa shape index (κ1) is 13.4. The molecule has 1 unspecified atom stereocenters. The van der Waals surface area contributed by atoms with E-state index in [2.05, 4.69) is 10.2 Å². The Balaban J connectivity index is 1.95. The van der Waals surface area contributed by atoms with Crippen LogP contribution >= 0.6 is 23.4 Å². The molecular weight excluding hydrogens is 292 g/mol. The maximum Gasteiger partial charge on any atom is 0.200 e. The van der Waals surface area contributed by atoms with Gasteiger partial charge >= 0.3 is 0 Å². The Bertz CT molecular complexity index is 754. The molecule has 0 amide bonds. The van der Waals surface area contributed by atoms with E-state index in [0.717, 1.165) is 21.3 Å². The summed E-state index contributed by atoms with van der Waals surface area (Å²) in [5.74, 6) is 0. The summed E-state index contributed by atoms with van der Waals surface area (Å²) < 4.78 is 1.93. The third kappa shape index (κ3) is 2.52. The average molecular weight is 305 g/mol. The third-order valence-electron chi connectivity index (χ3n) is 2.97. The first-order chi connectivity index (χ1) is 9.65. The summed E-state index contributed by atoms with van der Waals surface area (Å²) in [5, 5.41) is 9.77. The highest BCUT2D eigenvalue weighted by Crippen LogP contribution is 2.33. The number of rotatable bonds is 3. The van der Waals surface area contributed by atoms with Crippen molar-refractivity contribution in [3.05, 3.63) is 53.2 Å². The number of nitrogens with zero attached hydrogens (tertiary/aromatic N) is 3. The molecule has 0 aliphatic heterocycles. The van der Waals surface area contributed by atoms with E-state index in [1.165, 1.54) is 11.8 Å². The lowest BCUT2D eigenvalue weighted by atomic mass is 10.1. The van der Waals surface area contributed by atoms with Crippen molar-refractivity contribution in [3.8, 4) is 0 Å². The Morgan fingerprint density at radius 1 is 1.25 bits per heavy atom. The molecule has 0 saturated heterocycles. The SMILES string of the molecule is CC(N)c1ccc(Sc2nnc3ccccn23)c(Cl)c1. The summed E-state index contributed by atoms with van der Waals surface area (Å²) in [5.41, 5.74) is 7.69.